The van der Waals surface area contributed by atoms with E-state index in [1.165, 1.54) is 7.11 Å². The van der Waals surface area contributed by atoms with Gasteiger partial charge in [-0.2, -0.15) is 0 Å². The van der Waals surface area contributed by atoms with Crippen LogP contribution in [0.4, 0.5) is 16.2 Å². The van der Waals surface area contributed by atoms with E-state index in [1.54, 1.807) is 43.4 Å². The maximum atomic E-state index is 12.7. The van der Waals surface area contributed by atoms with Crippen molar-refractivity contribution in [2.75, 3.05) is 57.7 Å². The van der Waals surface area contributed by atoms with Crippen LogP contribution in [-0.4, -0.2) is 64.4 Å². The Balaban J connectivity index is 1.64. The van der Waals surface area contributed by atoms with Gasteiger partial charge >= 0.3 is 12.0 Å². The van der Waals surface area contributed by atoms with E-state index in [0.29, 0.717) is 48.9 Å². The van der Waals surface area contributed by atoms with Gasteiger partial charge in [0.2, 0.25) is 0 Å². The smallest absolute Gasteiger partial charge is 0.339 e. The summed E-state index contributed by atoms with van der Waals surface area (Å²) in [7, 11) is 4.49. The normalized spacial score (nSPS) is 13.6. The molecule has 154 valence electrons. The molecule has 1 N–H and O–H groups in total. The molecular formula is C21H25N3O5. The van der Waals surface area contributed by atoms with E-state index in [9.17, 15) is 9.59 Å². The number of esters is 1. The molecule has 3 rings (SSSR count). The number of hydrogen-bond donors (Lipinski definition) is 1. The second kappa shape index (κ2) is 9.18. The van der Waals surface area contributed by atoms with Crippen LogP contribution >= 0.6 is 0 Å². The lowest BCUT2D eigenvalue weighted by Crippen LogP contribution is -2.50. The summed E-state index contributed by atoms with van der Waals surface area (Å²) in [5.74, 6) is 0.813. The average Bonchev–Trinajstić information content (AvgIpc) is 2.78. The fourth-order valence-corrected chi connectivity index (χ4v) is 3.28. The second-order valence-corrected chi connectivity index (χ2v) is 6.48. The number of ether oxygens (including phenoxy) is 3. The minimum atomic E-state index is -0.368. The zero-order valence-electron chi connectivity index (χ0n) is 16.8. The van der Waals surface area contributed by atoms with Gasteiger partial charge in [0.25, 0.3) is 0 Å². The molecule has 2 aromatic carbocycles. The Bertz CT molecular complexity index is 878. The third-order valence-corrected chi connectivity index (χ3v) is 4.87. The lowest BCUT2D eigenvalue weighted by molar-refractivity contribution is 0.0601. The molecule has 2 aromatic rings. The Labute approximate surface area is 170 Å². The third-order valence-electron chi connectivity index (χ3n) is 4.87. The molecule has 0 bridgehead atoms. The van der Waals surface area contributed by atoms with Gasteiger partial charge in [-0.05, 0) is 24.3 Å². The Morgan fingerprint density at radius 1 is 0.931 bits per heavy atom. The van der Waals surface area contributed by atoms with Gasteiger partial charge in [-0.3, -0.25) is 0 Å². The summed E-state index contributed by atoms with van der Waals surface area (Å²) in [5, 5.41) is 2.89. The van der Waals surface area contributed by atoms with Crippen LogP contribution in [0.3, 0.4) is 0 Å². The molecule has 0 atom stereocenters. The number of carbonyl (C=O) groups is 2. The minimum absolute atomic E-state index is 0.200. The van der Waals surface area contributed by atoms with Crippen LogP contribution in [-0.2, 0) is 4.74 Å². The van der Waals surface area contributed by atoms with Crippen LogP contribution in [0.1, 0.15) is 10.4 Å². The fraction of sp³-hybridized carbons (Fsp3) is 0.333. The molecule has 0 aromatic heterocycles. The Kier molecular flexibility index (Phi) is 6.43. The highest BCUT2D eigenvalue weighted by Crippen LogP contribution is 2.29. The third kappa shape index (κ3) is 4.53. The summed E-state index contributed by atoms with van der Waals surface area (Å²) in [6.07, 6.45) is 0. The quantitative estimate of drug-likeness (QED) is 0.779. The summed E-state index contributed by atoms with van der Waals surface area (Å²) < 4.78 is 15.4. The molecule has 1 heterocycles. The van der Waals surface area contributed by atoms with Gasteiger partial charge in [-0.1, -0.05) is 12.1 Å². The van der Waals surface area contributed by atoms with Gasteiger partial charge in [0.05, 0.1) is 38.3 Å². The fourth-order valence-electron chi connectivity index (χ4n) is 3.28. The number of carbonyl (C=O) groups excluding carboxylic acids is 2. The number of para-hydroxylation sites is 1. The maximum Gasteiger partial charge on any atom is 0.339 e. The average molecular weight is 399 g/mol. The number of benzene rings is 2. The molecule has 1 saturated heterocycles. The van der Waals surface area contributed by atoms with Crippen LogP contribution in [0.25, 0.3) is 0 Å². The first-order valence-corrected chi connectivity index (χ1v) is 9.27. The van der Waals surface area contributed by atoms with E-state index in [0.717, 1.165) is 5.69 Å². The molecule has 0 saturated carbocycles. The molecule has 1 aliphatic heterocycles. The number of urea groups is 1. The topological polar surface area (TPSA) is 80.3 Å². The van der Waals surface area contributed by atoms with Crippen molar-refractivity contribution in [2.24, 2.45) is 0 Å². The Hall–Kier alpha value is -3.42. The summed E-state index contributed by atoms with van der Waals surface area (Å²) >= 11 is 0. The van der Waals surface area contributed by atoms with Gasteiger partial charge in [0.15, 0.2) is 0 Å². The van der Waals surface area contributed by atoms with Crippen molar-refractivity contribution < 1.29 is 23.8 Å². The van der Waals surface area contributed by atoms with E-state index >= 15 is 0 Å². The highest BCUT2D eigenvalue weighted by molar-refractivity contribution is 5.96. The van der Waals surface area contributed by atoms with Crippen molar-refractivity contribution >= 4 is 23.4 Å². The van der Waals surface area contributed by atoms with Gasteiger partial charge in [-0.15, -0.1) is 0 Å². The molecule has 8 nitrogen and oxygen atoms in total. The van der Waals surface area contributed by atoms with Crippen molar-refractivity contribution in [3.63, 3.8) is 0 Å². The molecule has 1 fully saturated rings. The minimum Gasteiger partial charge on any atom is -0.497 e. The Morgan fingerprint density at radius 3 is 2.31 bits per heavy atom. The number of nitrogens with zero attached hydrogens (tertiary/aromatic N) is 2. The van der Waals surface area contributed by atoms with Crippen molar-refractivity contribution in [1.82, 2.24) is 4.90 Å². The van der Waals surface area contributed by atoms with Gasteiger partial charge in [0.1, 0.15) is 11.5 Å². The SMILES string of the molecule is COC(=O)c1ccccc1N1CCN(C(=O)Nc2ccc(OC)cc2OC)CC1. The van der Waals surface area contributed by atoms with Crippen molar-refractivity contribution in [3.05, 3.63) is 48.0 Å². The number of nitrogens with one attached hydrogen (secondary N) is 1. The highest BCUT2D eigenvalue weighted by Gasteiger charge is 2.24. The summed E-state index contributed by atoms with van der Waals surface area (Å²) in [6.45, 7) is 2.28. The summed E-state index contributed by atoms with van der Waals surface area (Å²) in [6, 6.07) is 12.4. The van der Waals surface area contributed by atoms with E-state index in [2.05, 4.69) is 10.2 Å². The molecule has 0 unspecified atom stereocenters. The summed E-state index contributed by atoms with van der Waals surface area (Å²) in [4.78, 5) is 28.5. The predicted octanol–water partition coefficient (Wildman–Crippen LogP) is 2.84. The first-order valence-electron chi connectivity index (χ1n) is 9.27. The first kappa shape index (κ1) is 20.3. The van der Waals surface area contributed by atoms with Crippen molar-refractivity contribution in [2.45, 2.75) is 0 Å². The molecule has 8 heteroatoms. The van der Waals surface area contributed by atoms with Gasteiger partial charge in [0, 0.05) is 32.2 Å². The lowest BCUT2D eigenvalue weighted by Gasteiger charge is -2.36. The highest BCUT2D eigenvalue weighted by atomic mass is 16.5. The number of amides is 2. The van der Waals surface area contributed by atoms with Crippen LogP contribution in [0.15, 0.2) is 42.5 Å². The second-order valence-electron chi connectivity index (χ2n) is 6.48. The van der Waals surface area contributed by atoms with E-state index in [-0.39, 0.29) is 12.0 Å². The molecule has 2 amide bonds. The molecule has 0 spiro atoms. The number of rotatable bonds is 5. The molecule has 29 heavy (non-hydrogen) atoms. The Morgan fingerprint density at radius 2 is 1.66 bits per heavy atom. The van der Waals surface area contributed by atoms with Crippen molar-refractivity contribution in [1.29, 1.82) is 0 Å². The van der Waals surface area contributed by atoms with Crippen LogP contribution < -0.4 is 19.7 Å². The number of piperazine rings is 1. The standard InChI is InChI=1S/C21H25N3O5/c1-27-15-8-9-17(19(14-15)28-2)22-21(26)24-12-10-23(11-13-24)18-7-5-4-6-16(18)20(25)29-3/h4-9,14H,10-13H2,1-3H3,(H,22,26). The van der Waals surface area contributed by atoms with E-state index in [1.807, 2.05) is 18.2 Å². The predicted molar refractivity (Wildman–Crippen MR) is 110 cm³/mol. The number of anilines is 2. The zero-order chi connectivity index (χ0) is 20.8. The summed E-state index contributed by atoms with van der Waals surface area (Å²) in [5.41, 5.74) is 1.92. The van der Waals surface area contributed by atoms with Crippen LogP contribution in [0.5, 0.6) is 11.5 Å². The van der Waals surface area contributed by atoms with Gasteiger partial charge < -0.3 is 29.3 Å². The molecular weight excluding hydrogens is 374 g/mol. The first-order chi connectivity index (χ1) is 14.1. The monoisotopic (exact) mass is 399 g/mol. The number of methoxy groups -OCH3 is 3. The molecule has 1 aliphatic rings. The number of hydrogen-bond acceptors (Lipinski definition) is 6. The van der Waals surface area contributed by atoms with E-state index in [4.69, 9.17) is 14.2 Å². The molecule has 0 radical (unpaired) electrons. The van der Waals surface area contributed by atoms with Crippen LogP contribution in [0.2, 0.25) is 0 Å². The molecule has 0 aliphatic carbocycles. The van der Waals surface area contributed by atoms with E-state index < -0.39 is 0 Å². The lowest BCUT2D eigenvalue weighted by atomic mass is 10.1. The van der Waals surface area contributed by atoms with Gasteiger partial charge in [-0.25, -0.2) is 9.59 Å². The maximum absolute atomic E-state index is 12.7. The zero-order valence-corrected chi connectivity index (χ0v) is 16.8. The largest absolute Gasteiger partial charge is 0.497 e. The van der Waals surface area contributed by atoms with Crippen LogP contribution in [0, 0.1) is 0 Å². The van der Waals surface area contributed by atoms with Crippen molar-refractivity contribution in [3.8, 4) is 11.5 Å².